The van der Waals surface area contributed by atoms with E-state index in [0.717, 1.165) is 0 Å². The molecule has 0 radical (unpaired) electrons. The highest BCUT2D eigenvalue weighted by molar-refractivity contribution is 5.79. The predicted molar refractivity (Wildman–Crippen MR) is 50.9 cm³/mol. The Kier molecular flexibility index (Phi) is 7.48. The van der Waals surface area contributed by atoms with Gasteiger partial charge in [-0.2, -0.15) is 0 Å². The summed E-state index contributed by atoms with van der Waals surface area (Å²) < 4.78 is 4.88. The Labute approximate surface area is 82.1 Å². The van der Waals surface area contributed by atoms with Gasteiger partial charge in [0.1, 0.15) is 12.4 Å². The maximum absolute atomic E-state index is 10.2. The second-order valence-corrected chi connectivity index (χ2v) is 2.61. The van der Waals surface area contributed by atoms with Crippen molar-refractivity contribution in [2.24, 2.45) is 16.6 Å². The third kappa shape index (κ3) is 8.75. The summed E-state index contributed by atoms with van der Waals surface area (Å²) in [6.45, 7) is 1.52. The van der Waals surface area contributed by atoms with Gasteiger partial charge in [-0.3, -0.25) is 4.79 Å². The molecule has 14 heavy (non-hydrogen) atoms. The zero-order valence-corrected chi connectivity index (χ0v) is 7.90. The summed E-state index contributed by atoms with van der Waals surface area (Å²) in [4.78, 5) is 10.2. The molecular weight excluding hydrogens is 188 g/mol. The number of carbonyl (C=O) groups excluding carboxylic acids is 1. The van der Waals surface area contributed by atoms with Crippen LogP contribution < -0.4 is 16.8 Å². The van der Waals surface area contributed by atoms with E-state index in [9.17, 15) is 4.79 Å². The Morgan fingerprint density at radius 3 is 2.71 bits per heavy atom. The third-order valence-electron chi connectivity index (χ3n) is 1.35. The first kappa shape index (κ1) is 12.7. The monoisotopic (exact) mass is 204 g/mol. The van der Waals surface area contributed by atoms with Gasteiger partial charge in [0.2, 0.25) is 5.91 Å². The fourth-order valence-electron chi connectivity index (χ4n) is 0.709. The van der Waals surface area contributed by atoms with Gasteiger partial charge >= 0.3 is 0 Å². The van der Waals surface area contributed by atoms with Crippen molar-refractivity contribution in [3.8, 4) is 0 Å². The van der Waals surface area contributed by atoms with Crippen LogP contribution in [-0.2, 0) is 9.53 Å². The molecule has 0 unspecified atom stereocenters. The number of amides is 1. The highest BCUT2D eigenvalue weighted by Gasteiger charge is 1.94. The number of primary amides is 1. The van der Waals surface area contributed by atoms with Gasteiger partial charge in [-0.05, 0) is 0 Å². The van der Waals surface area contributed by atoms with Crippen LogP contribution in [0.1, 0.15) is 6.42 Å². The largest absolute Gasteiger partial charge is 0.409 e. The van der Waals surface area contributed by atoms with Crippen LogP contribution in [0, 0.1) is 0 Å². The molecule has 0 aliphatic carbocycles. The van der Waals surface area contributed by atoms with Crippen LogP contribution in [0.3, 0.4) is 0 Å². The predicted octanol–water partition coefficient (Wildman–Crippen LogP) is -1.79. The van der Waals surface area contributed by atoms with Crippen molar-refractivity contribution in [3.05, 3.63) is 0 Å². The van der Waals surface area contributed by atoms with E-state index in [-0.39, 0.29) is 12.4 Å². The van der Waals surface area contributed by atoms with Gasteiger partial charge in [0.05, 0.1) is 6.61 Å². The Morgan fingerprint density at radius 1 is 1.43 bits per heavy atom. The van der Waals surface area contributed by atoms with Crippen LogP contribution in [0.25, 0.3) is 0 Å². The molecule has 0 aromatic heterocycles. The lowest BCUT2D eigenvalue weighted by molar-refractivity contribution is -0.122. The van der Waals surface area contributed by atoms with Gasteiger partial charge in [0.15, 0.2) is 0 Å². The maximum Gasteiger partial charge on any atom is 0.243 e. The molecule has 0 saturated heterocycles. The fraction of sp³-hybridized carbons (Fsp3) is 0.714. The number of nitrogens with two attached hydrogens (primary N) is 2. The van der Waals surface area contributed by atoms with E-state index in [1.165, 1.54) is 0 Å². The van der Waals surface area contributed by atoms with Crippen molar-refractivity contribution in [1.82, 2.24) is 5.32 Å². The number of carbonyl (C=O) groups is 1. The summed E-state index contributed by atoms with van der Waals surface area (Å²) in [7, 11) is 0. The Hall–Kier alpha value is -1.34. The quantitative estimate of drug-likeness (QED) is 0.122. The number of oxime groups is 1. The SMILES string of the molecule is NC(=O)COCCNCCC(N)=NO. The van der Waals surface area contributed by atoms with Crippen molar-refractivity contribution >= 4 is 11.7 Å². The number of nitrogens with one attached hydrogen (secondary N) is 1. The van der Waals surface area contributed by atoms with Gasteiger partial charge in [-0.15, -0.1) is 0 Å². The minimum absolute atomic E-state index is 0.0675. The zero-order chi connectivity index (χ0) is 10.8. The van der Waals surface area contributed by atoms with Gasteiger partial charge < -0.3 is 26.7 Å². The molecule has 0 spiro atoms. The summed E-state index contributed by atoms with van der Waals surface area (Å²) in [5.74, 6) is -0.308. The molecule has 0 aliphatic rings. The summed E-state index contributed by atoms with van der Waals surface area (Å²) in [6.07, 6.45) is 0.465. The van der Waals surface area contributed by atoms with Crippen molar-refractivity contribution in [2.75, 3.05) is 26.3 Å². The average Bonchev–Trinajstić information content (AvgIpc) is 2.15. The molecular formula is C7H16N4O3. The van der Waals surface area contributed by atoms with Crippen molar-refractivity contribution < 1.29 is 14.7 Å². The number of rotatable bonds is 8. The maximum atomic E-state index is 10.2. The number of amidine groups is 1. The average molecular weight is 204 g/mol. The lowest BCUT2D eigenvalue weighted by Crippen LogP contribution is -2.27. The fourth-order valence-corrected chi connectivity index (χ4v) is 0.709. The number of hydrogen-bond acceptors (Lipinski definition) is 5. The topological polar surface area (TPSA) is 123 Å². The molecule has 1 amide bonds. The van der Waals surface area contributed by atoms with Crippen molar-refractivity contribution in [1.29, 1.82) is 0 Å². The van der Waals surface area contributed by atoms with Crippen LogP contribution in [0.2, 0.25) is 0 Å². The zero-order valence-electron chi connectivity index (χ0n) is 7.90. The first-order valence-electron chi connectivity index (χ1n) is 4.20. The standard InChI is InChI=1S/C7H16N4O3/c8-6(11-13)1-2-10-3-4-14-5-7(9)12/h10,13H,1-5H2,(H2,8,11)(H2,9,12). The summed E-state index contributed by atoms with van der Waals surface area (Å²) >= 11 is 0. The van der Waals surface area contributed by atoms with Crippen LogP contribution >= 0.6 is 0 Å². The molecule has 0 heterocycles. The van der Waals surface area contributed by atoms with Gasteiger partial charge in [-0.1, -0.05) is 5.16 Å². The Bertz CT molecular complexity index is 195. The molecule has 0 saturated carbocycles. The van der Waals surface area contributed by atoms with E-state index in [2.05, 4.69) is 10.5 Å². The summed E-state index contributed by atoms with van der Waals surface area (Å²) in [5, 5.41) is 14.0. The number of hydrogen-bond donors (Lipinski definition) is 4. The second-order valence-electron chi connectivity index (χ2n) is 2.61. The van der Waals surface area contributed by atoms with Gasteiger partial charge in [0.25, 0.3) is 0 Å². The van der Waals surface area contributed by atoms with E-state index in [0.29, 0.717) is 26.1 Å². The Balaban J connectivity index is 3.10. The molecule has 0 aromatic carbocycles. The molecule has 0 rings (SSSR count). The molecule has 0 atom stereocenters. The van der Waals surface area contributed by atoms with E-state index >= 15 is 0 Å². The van der Waals surface area contributed by atoms with Crippen LogP contribution in [-0.4, -0.2) is 43.3 Å². The van der Waals surface area contributed by atoms with E-state index in [1.54, 1.807) is 0 Å². The van der Waals surface area contributed by atoms with Crippen LogP contribution in [0.5, 0.6) is 0 Å². The number of ether oxygens (including phenoxy) is 1. The second kappa shape index (κ2) is 8.27. The highest BCUT2D eigenvalue weighted by Crippen LogP contribution is 1.77. The molecule has 0 fully saturated rings. The lowest BCUT2D eigenvalue weighted by Gasteiger charge is -2.03. The van der Waals surface area contributed by atoms with Crippen LogP contribution in [0.4, 0.5) is 0 Å². The van der Waals surface area contributed by atoms with Gasteiger partial charge in [-0.25, -0.2) is 0 Å². The first-order chi connectivity index (χ1) is 6.66. The molecule has 7 heteroatoms. The number of nitrogens with zero attached hydrogens (tertiary/aromatic N) is 1. The first-order valence-corrected chi connectivity index (χ1v) is 4.20. The van der Waals surface area contributed by atoms with E-state index < -0.39 is 5.91 Å². The highest BCUT2D eigenvalue weighted by atomic mass is 16.5. The van der Waals surface area contributed by atoms with Crippen molar-refractivity contribution in [2.45, 2.75) is 6.42 Å². The van der Waals surface area contributed by atoms with E-state index in [4.69, 9.17) is 21.4 Å². The summed E-state index contributed by atoms with van der Waals surface area (Å²) in [6, 6.07) is 0. The van der Waals surface area contributed by atoms with Gasteiger partial charge in [0, 0.05) is 19.5 Å². The molecule has 7 nitrogen and oxygen atoms in total. The minimum atomic E-state index is -0.485. The minimum Gasteiger partial charge on any atom is -0.409 e. The lowest BCUT2D eigenvalue weighted by atomic mass is 10.4. The van der Waals surface area contributed by atoms with E-state index in [1.807, 2.05) is 0 Å². The molecule has 0 bridgehead atoms. The smallest absolute Gasteiger partial charge is 0.243 e. The molecule has 0 aliphatic heterocycles. The molecule has 82 valence electrons. The molecule has 0 aromatic rings. The molecule has 6 N–H and O–H groups in total. The van der Waals surface area contributed by atoms with Crippen LogP contribution in [0.15, 0.2) is 5.16 Å². The third-order valence-corrected chi connectivity index (χ3v) is 1.35. The normalized spacial score (nSPS) is 11.6. The Morgan fingerprint density at radius 2 is 2.14 bits per heavy atom. The van der Waals surface area contributed by atoms with Crippen molar-refractivity contribution in [3.63, 3.8) is 0 Å². The summed E-state index contributed by atoms with van der Waals surface area (Å²) in [5.41, 5.74) is 10.1.